The number of carbonyl (C=O) groups is 1. The number of anilines is 1. The van der Waals surface area contributed by atoms with Gasteiger partial charge in [-0.05, 0) is 47.9 Å². The van der Waals surface area contributed by atoms with Crippen molar-refractivity contribution in [1.29, 1.82) is 0 Å². The molecule has 0 fully saturated rings. The van der Waals surface area contributed by atoms with Gasteiger partial charge in [0, 0.05) is 11.7 Å². The van der Waals surface area contributed by atoms with E-state index in [1.165, 1.54) is 12.1 Å². The molecule has 1 atom stereocenters. The summed E-state index contributed by atoms with van der Waals surface area (Å²) in [6.45, 7) is 4.29. The minimum atomic E-state index is -0.265. The lowest BCUT2D eigenvalue weighted by molar-refractivity contribution is -0.115. The Balaban J connectivity index is 1.93. The fourth-order valence-electron chi connectivity index (χ4n) is 2.49. The zero-order chi connectivity index (χ0) is 17.5. The zero-order valence-corrected chi connectivity index (χ0v) is 14.2. The van der Waals surface area contributed by atoms with Crippen LogP contribution in [0.1, 0.15) is 25.5 Å². The number of halogens is 1. The third kappa shape index (κ3) is 5.06. The maximum atomic E-state index is 13.1. The molecule has 2 rings (SSSR count). The van der Waals surface area contributed by atoms with E-state index in [2.05, 4.69) is 24.5 Å². The summed E-state index contributed by atoms with van der Waals surface area (Å²) in [5.74, 6) is 0.609. The van der Waals surface area contributed by atoms with E-state index in [0.29, 0.717) is 5.69 Å². The van der Waals surface area contributed by atoms with E-state index >= 15 is 0 Å². The van der Waals surface area contributed by atoms with Gasteiger partial charge in [0.1, 0.15) is 11.6 Å². The van der Waals surface area contributed by atoms with E-state index < -0.39 is 0 Å². The first kappa shape index (κ1) is 17.9. The normalized spacial score (nSPS) is 12.0. The molecule has 0 bridgehead atoms. The molecule has 0 saturated carbocycles. The lowest BCUT2D eigenvalue weighted by Crippen LogP contribution is -2.33. The third-order valence-electron chi connectivity index (χ3n) is 3.75. The van der Waals surface area contributed by atoms with Gasteiger partial charge in [-0.2, -0.15) is 0 Å². The number of rotatable bonds is 7. The Labute approximate surface area is 142 Å². The van der Waals surface area contributed by atoms with E-state index in [1.54, 1.807) is 43.5 Å². The van der Waals surface area contributed by atoms with Crippen LogP contribution in [-0.2, 0) is 4.79 Å². The van der Waals surface area contributed by atoms with Crippen LogP contribution in [0.3, 0.4) is 0 Å². The molecule has 0 radical (unpaired) electrons. The second-order valence-electron chi connectivity index (χ2n) is 5.93. The van der Waals surface area contributed by atoms with Crippen LogP contribution in [0.5, 0.6) is 5.75 Å². The molecule has 0 aliphatic heterocycles. The molecular formula is C19H23FN2O2. The van der Waals surface area contributed by atoms with Crippen LogP contribution in [0, 0.1) is 11.7 Å². The zero-order valence-electron chi connectivity index (χ0n) is 14.2. The second kappa shape index (κ2) is 8.45. The van der Waals surface area contributed by atoms with Crippen LogP contribution in [0.25, 0.3) is 0 Å². The molecule has 0 saturated heterocycles. The lowest BCUT2D eigenvalue weighted by atomic mass is 9.96. The van der Waals surface area contributed by atoms with Gasteiger partial charge in [-0.25, -0.2) is 4.39 Å². The van der Waals surface area contributed by atoms with Crippen molar-refractivity contribution >= 4 is 11.6 Å². The molecule has 0 unspecified atom stereocenters. The van der Waals surface area contributed by atoms with Crippen molar-refractivity contribution in [1.82, 2.24) is 5.32 Å². The van der Waals surface area contributed by atoms with Crippen LogP contribution < -0.4 is 15.4 Å². The van der Waals surface area contributed by atoms with Gasteiger partial charge in [0.15, 0.2) is 0 Å². The van der Waals surface area contributed by atoms with Crippen molar-refractivity contribution in [3.63, 3.8) is 0 Å². The van der Waals surface area contributed by atoms with Gasteiger partial charge < -0.3 is 15.4 Å². The van der Waals surface area contributed by atoms with Gasteiger partial charge in [0.25, 0.3) is 0 Å². The molecule has 0 spiro atoms. The summed E-state index contributed by atoms with van der Waals surface area (Å²) in [5.41, 5.74) is 1.68. The molecule has 2 aromatic carbocycles. The molecule has 0 aromatic heterocycles. The monoisotopic (exact) mass is 330 g/mol. The number of methoxy groups -OCH3 is 1. The molecular weight excluding hydrogens is 307 g/mol. The summed E-state index contributed by atoms with van der Waals surface area (Å²) in [6, 6.07) is 13.5. The standard InChI is InChI=1S/C19H23FN2O2/c1-13(2)19(14-4-6-15(20)7-5-14)21-12-18(23)22-16-8-10-17(24-3)11-9-16/h4-11,13,19,21H,12H2,1-3H3,(H,22,23)/t19-/m1/s1. The quantitative estimate of drug-likeness (QED) is 0.813. The fourth-order valence-corrected chi connectivity index (χ4v) is 2.49. The highest BCUT2D eigenvalue weighted by molar-refractivity contribution is 5.92. The summed E-state index contributed by atoms with van der Waals surface area (Å²) >= 11 is 0. The number of nitrogens with one attached hydrogen (secondary N) is 2. The smallest absolute Gasteiger partial charge is 0.238 e. The summed E-state index contributed by atoms with van der Waals surface area (Å²) in [4.78, 5) is 12.1. The summed E-state index contributed by atoms with van der Waals surface area (Å²) in [7, 11) is 1.60. The van der Waals surface area contributed by atoms with Gasteiger partial charge in [-0.15, -0.1) is 0 Å². The number of hydrogen-bond acceptors (Lipinski definition) is 3. The minimum Gasteiger partial charge on any atom is -0.497 e. The van der Waals surface area contributed by atoms with E-state index in [9.17, 15) is 9.18 Å². The molecule has 0 aliphatic carbocycles. The first-order chi connectivity index (χ1) is 11.5. The summed E-state index contributed by atoms with van der Waals surface area (Å²) in [5, 5.41) is 6.07. The van der Waals surface area contributed by atoms with Gasteiger partial charge in [-0.3, -0.25) is 4.79 Å². The Morgan fingerprint density at radius 1 is 1.08 bits per heavy atom. The van der Waals surface area contributed by atoms with Crippen LogP contribution in [0.2, 0.25) is 0 Å². The Morgan fingerprint density at radius 3 is 2.25 bits per heavy atom. The predicted molar refractivity (Wildman–Crippen MR) is 93.6 cm³/mol. The molecule has 5 heteroatoms. The third-order valence-corrected chi connectivity index (χ3v) is 3.75. The van der Waals surface area contributed by atoms with E-state index in [4.69, 9.17) is 4.74 Å². The number of benzene rings is 2. The van der Waals surface area contributed by atoms with Crippen LogP contribution >= 0.6 is 0 Å². The van der Waals surface area contributed by atoms with Crippen molar-refractivity contribution in [3.05, 3.63) is 59.9 Å². The van der Waals surface area contributed by atoms with E-state index in [1.807, 2.05) is 0 Å². The SMILES string of the molecule is COc1ccc(NC(=O)CN[C@@H](c2ccc(F)cc2)C(C)C)cc1. The van der Waals surface area contributed by atoms with Gasteiger partial charge in [0.2, 0.25) is 5.91 Å². The molecule has 0 aliphatic rings. The fraction of sp³-hybridized carbons (Fsp3) is 0.316. The van der Waals surface area contributed by atoms with Crippen molar-refractivity contribution in [2.75, 3.05) is 19.0 Å². The molecule has 128 valence electrons. The van der Waals surface area contributed by atoms with Crippen LogP contribution in [-0.4, -0.2) is 19.6 Å². The minimum absolute atomic E-state index is 0.0211. The number of carbonyl (C=O) groups excluding carboxylic acids is 1. The predicted octanol–water partition coefficient (Wildman–Crippen LogP) is 3.76. The highest BCUT2D eigenvalue weighted by atomic mass is 19.1. The molecule has 1 amide bonds. The van der Waals surface area contributed by atoms with Gasteiger partial charge in [0.05, 0.1) is 13.7 Å². The Bertz CT molecular complexity index is 654. The molecule has 0 heterocycles. The highest BCUT2D eigenvalue weighted by Gasteiger charge is 2.16. The average Bonchev–Trinajstić information content (AvgIpc) is 2.57. The first-order valence-electron chi connectivity index (χ1n) is 7.92. The largest absolute Gasteiger partial charge is 0.497 e. The Hall–Kier alpha value is -2.40. The maximum absolute atomic E-state index is 13.1. The van der Waals surface area contributed by atoms with E-state index in [0.717, 1.165) is 11.3 Å². The highest BCUT2D eigenvalue weighted by Crippen LogP contribution is 2.21. The van der Waals surface area contributed by atoms with Crippen LogP contribution in [0.15, 0.2) is 48.5 Å². The van der Waals surface area contributed by atoms with Crippen molar-refractivity contribution in [3.8, 4) is 5.75 Å². The maximum Gasteiger partial charge on any atom is 0.238 e. The van der Waals surface area contributed by atoms with Gasteiger partial charge in [-0.1, -0.05) is 26.0 Å². The molecule has 2 N–H and O–H groups in total. The Morgan fingerprint density at radius 2 is 1.71 bits per heavy atom. The first-order valence-corrected chi connectivity index (χ1v) is 7.92. The molecule has 2 aromatic rings. The average molecular weight is 330 g/mol. The number of amides is 1. The van der Waals surface area contributed by atoms with E-state index in [-0.39, 0.29) is 30.2 Å². The van der Waals surface area contributed by atoms with Gasteiger partial charge >= 0.3 is 0 Å². The van der Waals surface area contributed by atoms with Crippen LogP contribution in [0.4, 0.5) is 10.1 Å². The summed E-state index contributed by atoms with van der Waals surface area (Å²) in [6.07, 6.45) is 0. The second-order valence-corrected chi connectivity index (χ2v) is 5.93. The molecule has 24 heavy (non-hydrogen) atoms. The van der Waals surface area contributed by atoms with Crippen molar-refractivity contribution in [2.45, 2.75) is 19.9 Å². The number of ether oxygens (including phenoxy) is 1. The summed E-state index contributed by atoms with van der Waals surface area (Å²) < 4.78 is 18.2. The molecule has 4 nitrogen and oxygen atoms in total. The lowest BCUT2D eigenvalue weighted by Gasteiger charge is -2.22. The number of hydrogen-bond donors (Lipinski definition) is 2. The topological polar surface area (TPSA) is 50.4 Å². The van der Waals surface area contributed by atoms with Crippen molar-refractivity contribution < 1.29 is 13.9 Å². The van der Waals surface area contributed by atoms with Crippen molar-refractivity contribution in [2.24, 2.45) is 5.92 Å². The Kier molecular flexibility index (Phi) is 6.32.